The van der Waals surface area contributed by atoms with Crippen LogP contribution in [0.3, 0.4) is 0 Å². The molecule has 3 aliphatic rings. The molecule has 8 rings (SSSR count). The van der Waals surface area contributed by atoms with Crippen LogP contribution in [0.5, 0.6) is 11.5 Å². The molecule has 0 bridgehead atoms. The summed E-state index contributed by atoms with van der Waals surface area (Å²) in [5, 5.41) is 18.2. The van der Waals surface area contributed by atoms with Gasteiger partial charge in [-0.05, 0) is 81.3 Å². The van der Waals surface area contributed by atoms with Crippen LogP contribution in [-0.4, -0.2) is 113 Å². The summed E-state index contributed by atoms with van der Waals surface area (Å²) in [5.41, 5.74) is 4.37. The first-order chi connectivity index (χ1) is 31.9. The predicted molar refractivity (Wildman–Crippen MR) is 242 cm³/mol. The number of aliphatic imine (C=N–C) groups is 1. The lowest BCUT2D eigenvalue weighted by molar-refractivity contribution is -0.136. The van der Waals surface area contributed by atoms with Gasteiger partial charge in [0.25, 0.3) is 17.7 Å². The van der Waals surface area contributed by atoms with Gasteiger partial charge in [-0.1, -0.05) is 29.8 Å². The molecule has 5 heterocycles. The highest BCUT2D eigenvalue weighted by atomic mass is 35.5. The van der Waals surface area contributed by atoms with E-state index in [4.69, 9.17) is 35.5 Å². The van der Waals surface area contributed by atoms with E-state index in [1.807, 2.05) is 35.8 Å². The summed E-state index contributed by atoms with van der Waals surface area (Å²) in [6, 6.07) is 17.3. The minimum Gasteiger partial charge on any atom is -0.491 e. The summed E-state index contributed by atoms with van der Waals surface area (Å²) in [6.45, 7) is 7.17. The van der Waals surface area contributed by atoms with Gasteiger partial charge in [0.05, 0.1) is 49.7 Å². The monoisotopic (exact) mass is 936 g/mol. The van der Waals surface area contributed by atoms with Crippen molar-refractivity contribution in [3.05, 3.63) is 116 Å². The van der Waals surface area contributed by atoms with Gasteiger partial charge < -0.3 is 29.6 Å². The molecule has 342 valence electrons. The average molecular weight is 937 g/mol. The van der Waals surface area contributed by atoms with Crippen molar-refractivity contribution in [2.75, 3.05) is 51.5 Å². The van der Waals surface area contributed by atoms with Crippen LogP contribution >= 0.6 is 22.9 Å². The van der Waals surface area contributed by atoms with Crippen molar-refractivity contribution in [2.24, 2.45) is 4.99 Å². The lowest BCUT2D eigenvalue weighted by atomic mass is 9.99. The Balaban J connectivity index is 0.725. The van der Waals surface area contributed by atoms with Crippen molar-refractivity contribution >= 4 is 69.8 Å². The number of amides is 6. The molecular formula is C46H45ClN8O10S. The standard InChI is InChI=1S/C46H45ClN8O10S/c1-25-26(2)66-46-39(25)41(28-7-9-29(47)10-8-28)50-33(42-53-52-27(3)54(42)46)23-37(57)49-30-11-13-31(14-12-30)64-22-21-63-20-19-62-18-17-48-38(58)24-65-35-6-4-5-32-40(35)45(61)55(44(32)60)34-15-16-36(56)51-43(34)59/h4-14,33-34H,15-24H2,1-3H3,(H,48,58)(H,49,57)(H,51,56,59)/t33-,34?/m0/s1. The van der Waals surface area contributed by atoms with Gasteiger partial charge >= 0.3 is 0 Å². The van der Waals surface area contributed by atoms with Crippen molar-refractivity contribution in [3.8, 4) is 16.5 Å². The van der Waals surface area contributed by atoms with Crippen molar-refractivity contribution in [1.29, 1.82) is 0 Å². The molecule has 0 saturated carbocycles. The van der Waals surface area contributed by atoms with Gasteiger partial charge in [-0.2, -0.15) is 0 Å². The number of hydrogen-bond donors (Lipinski definition) is 3. The number of imide groups is 2. The van der Waals surface area contributed by atoms with Gasteiger partial charge in [0, 0.05) is 39.7 Å². The lowest BCUT2D eigenvalue weighted by Crippen LogP contribution is -2.54. The van der Waals surface area contributed by atoms with Crippen LogP contribution in [0.15, 0.2) is 71.7 Å². The Morgan fingerprint density at radius 1 is 0.848 bits per heavy atom. The highest BCUT2D eigenvalue weighted by Crippen LogP contribution is 2.40. The number of carbonyl (C=O) groups is 6. The van der Waals surface area contributed by atoms with E-state index < -0.39 is 48.2 Å². The maximum atomic E-state index is 13.5. The topological polar surface area (TPSA) is 222 Å². The summed E-state index contributed by atoms with van der Waals surface area (Å²) in [5.74, 6) is -1.36. The number of rotatable bonds is 18. The summed E-state index contributed by atoms with van der Waals surface area (Å²) in [4.78, 5) is 83.3. The second-order valence-corrected chi connectivity index (χ2v) is 17.2. The third-order valence-corrected chi connectivity index (χ3v) is 12.5. The molecule has 3 aliphatic heterocycles. The zero-order chi connectivity index (χ0) is 46.5. The first-order valence-electron chi connectivity index (χ1n) is 21.2. The molecule has 3 N–H and O–H groups in total. The van der Waals surface area contributed by atoms with Gasteiger partial charge in [0.2, 0.25) is 17.7 Å². The fourth-order valence-corrected chi connectivity index (χ4v) is 9.10. The number of piperidine rings is 1. The summed E-state index contributed by atoms with van der Waals surface area (Å²) in [6.07, 6.45) is 0.0596. The van der Waals surface area contributed by atoms with E-state index in [0.29, 0.717) is 41.3 Å². The zero-order valence-corrected chi connectivity index (χ0v) is 37.8. The van der Waals surface area contributed by atoms with E-state index in [1.54, 1.807) is 35.6 Å². The van der Waals surface area contributed by atoms with Crippen LogP contribution in [-0.2, 0) is 28.7 Å². The normalized spacial score (nSPS) is 16.5. The number of halogens is 1. The Morgan fingerprint density at radius 3 is 2.35 bits per heavy atom. The molecule has 3 aromatic carbocycles. The van der Waals surface area contributed by atoms with Crippen LogP contribution in [0.25, 0.3) is 5.00 Å². The van der Waals surface area contributed by atoms with Crippen LogP contribution in [0, 0.1) is 20.8 Å². The molecule has 2 aromatic heterocycles. The molecule has 2 atom stereocenters. The Kier molecular flexibility index (Phi) is 14.0. The van der Waals surface area contributed by atoms with Gasteiger partial charge in [0.15, 0.2) is 12.4 Å². The quantitative estimate of drug-likeness (QED) is 0.0794. The molecule has 20 heteroatoms. The molecule has 0 aliphatic carbocycles. The minimum absolute atomic E-state index is 0.000186. The highest BCUT2D eigenvalue weighted by Gasteiger charge is 2.46. The molecule has 1 fully saturated rings. The third-order valence-electron chi connectivity index (χ3n) is 11.1. The number of hydrogen-bond acceptors (Lipinski definition) is 14. The minimum atomic E-state index is -1.11. The average Bonchev–Trinajstić information content (AvgIpc) is 3.88. The molecule has 18 nitrogen and oxygen atoms in total. The van der Waals surface area contributed by atoms with E-state index in [-0.39, 0.29) is 68.4 Å². The van der Waals surface area contributed by atoms with Gasteiger partial charge in [-0.15, -0.1) is 21.5 Å². The van der Waals surface area contributed by atoms with Gasteiger partial charge in [-0.3, -0.25) is 48.5 Å². The number of aryl methyl sites for hydroxylation is 2. The highest BCUT2D eigenvalue weighted by molar-refractivity contribution is 7.15. The second kappa shape index (κ2) is 20.2. The molecule has 1 saturated heterocycles. The van der Waals surface area contributed by atoms with Crippen LogP contribution in [0.1, 0.15) is 79.2 Å². The summed E-state index contributed by atoms with van der Waals surface area (Å²) in [7, 11) is 0. The van der Waals surface area contributed by atoms with E-state index >= 15 is 0 Å². The van der Waals surface area contributed by atoms with Gasteiger partial charge in [-0.25, -0.2) is 0 Å². The number of carbonyl (C=O) groups excluding carboxylic acids is 6. The van der Waals surface area contributed by atoms with Crippen molar-refractivity contribution < 1.29 is 47.7 Å². The third kappa shape index (κ3) is 9.88. The van der Waals surface area contributed by atoms with E-state index in [1.165, 1.54) is 18.2 Å². The largest absolute Gasteiger partial charge is 0.491 e. The SMILES string of the molecule is Cc1sc2c(c1C)C(c1ccc(Cl)cc1)=N[C@@H](CC(=O)Nc1ccc(OCCOCCOCCNC(=O)COc3cccc4c3C(=O)N(C3CCC(=O)NC3=O)C4=O)cc1)c1nnc(C)n1-2. The number of aromatic nitrogens is 3. The van der Waals surface area contributed by atoms with Crippen LogP contribution < -0.4 is 25.4 Å². The molecule has 5 aromatic rings. The van der Waals surface area contributed by atoms with Crippen molar-refractivity contribution in [2.45, 2.75) is 52.1 Å². The fraction of sp³-hybridized carbons (Fsp3) is 0.326. The van der Waals surface area contributed by atoms with Crippen molar-refractivity contribution in [1.82, 2.24) is 30.3 Å². The Hall–Kier alpha value is -6.80. The maximum absolute atomic E-state index is 13.5. The van der Waals surface area contributed by atoms with E-state index in [9.17, 15) is 28.8 Å². The van der Waals surface area contributed by atoms with E-state index in [0.717, 1.165) is 37.2 Å². The number of benzene rings is 3. The van der Waals surface area contributed by atoms with Crippen LogP contribution in [0.4, 0.5) is 5.69 Å². The zero-order valence-electron chi connectivity index (χ0n) is 36.2. The molecule has 6 amide bonds. The first kappa shape index (κ1) is 45.8. The lowest BCUT2D eigenvalue weighted by Gasteiger charge is -2.27. The summed E-state index contributed by atoms with van der Waals surface area (Å²) >= 11 is 7.88. The number of nitrogens with one attached hydrogen (secondary N) is 3. The number of nitrogens with zero attached hydrogens (tertiary/aromatic N) is 5. The Morgan fingerprint density at radius 2 is 1.59 bits per heavy atom. The molecular weight excluding hydrogens is 892 g/mol. The van der Waals surface area contributed by atoms with Crippen LogP contribution in [0.2, 0.25) is 5.02 Å². The number of ether oxygens (including phenoxy) is 4. The van der Waals surface area contributed by atoms with Gasteiger partial charge in [0.1, 0.15) is 41.0 Å². The number of anilines is 1. The smallest absolute Gasteiger partial charge is 0.266 e. The van der Waals surface area contributed by atoms with Crippen molar-refractivity contribution in [3.63, 3.8) is 0 Å². The molecule has 66 heavy (non-hydrogen) atoms. The molecule has 0 radical (unpaired) electrons. The second-order valence-electron chi connectivity index (χ2n) is 15.5. The van der Waals surface area contributed by atoms with E-state index in [2.05, 4.69) is 40.0 Å². The maximum Gasteiger partial charge on any atom is 0.266 e. The molecule has 0 spiro atoms. The Labute approximate surface area is 387 Å². The fourth-order valence-electron chi connectivity index (χ4n) is 7.76. The summed E-state index contributed by atoms with van der Waals surface area (Å²) < 4.78 is 24.5. The number of fused-ring (bicyclic) bond motifs is 4. The first-order valence-corrected chi connectivity index (χ1v) is 22.4. The molecule has 1 unspecified atom stereocenters. The Bertz CT molecular complexity index is 2740. The number of thiophene rings is 1. The predicted octanol–water partition coefficient (Wildman–Crippen LogP) is 4.84.